The van der Waals surface area contributed by atoms with Gasteiger partial charge in [0.05, 0.1) is 5.56 Å². The van der Waals surface area contributed by atoms with Crippen LogP contribution in [0.1, 0.15) is 72.8 Å². The van der Waals surface area contributed by atoms with Crippen molar-refractivity contribution in [1.29, 1.82) is 5.26 Å². The summed E-state index contributed by atoms with van der Waals surface area (Å²) >= 11 is 0. The Morgan fingerprint density at radius 1 is 1.24 bits per heavy atom. The third-order valence-corrected chi connectivity index (χ3v) is 5.47. The van der Waals surface area contributed by atoms with E-state index in [0.29, 0.717) is 30.2 Å². The zero-order valence-electron chi connectivity index (χ0n) is 22.6. The molecule has 1 atom stereocenters. The summed E-state index contributed by atoms with van der Waals surface area (Å²) in [7, 11) is 0. The summed E-state index contributed by atoms with van der Waals surface area (Å²) in [6, 6.07) is 1.38. The van der Waals surface area contributed by atoms with Gasteiger partial charge in [0.1, 0.15) is 23.1 Å². The van der Waals surface area contributed by atoms with Gasteiger partial charge in [-0.25, -0.2) is 18.6 Å². The Kier molecular flexibility index (Phi) is 10.3. The molecule has 2 amide bonds. The summed E-state index contributed by atoms with van der Waals surface area (Å²) in [4.78, 5) is 43.3. The standard InChI is InChI=1S/C26H35F2N5O5/c1-7-8-9-32-22-20(28)16(13-29)11-17(27)21(22)31-24(32)33(19(34)12-26(4,5)6)25(36)38-14-37-23(35)18(30)10-15(2)3/h11,15,18H,7-10,12,14,30H2,1-6H3. The molecule has 1 aromatic carbocycles. The molecule has 0 aliphatic carbocycles. The monoisotopic (exact) mass is 535 g/mol. The van der Waals surface area contributed by atoms with E-state index in [1.165, 1.54) is 4.57 Å². The molecule has 0 saturated carbocycles. The Hall–Kier alpha value is -3.59. The van der Waals surface area contributed by atoms with Gasteiger partial charge < -0.3 is 19.8 Å². The number of esters is 1. The van der Waals surface area contributed by atoms with Crippen LogP contribution in [-0.2, 0) is 25.6 Å². The molecule has 2 aromatic rings. The number of aromatic nitrogens is 2. The van der Waals surface area contributed by atoms with Crippen molar-refractivity contribution >= 4 is 35.0 Å². The van der Waals surface area contributed by atoms with Gasteiger partial charge in [0.2, 0.25) is 18.6 Å². The van der Waals surface area contributed by atoms with Crippen LogP contribution in [0.4, 0.5) is 19.5 Å². The number of aryl methyl sites for hydroxylation is 1. The molecule has 1 heterocycles. The highest BCUT2D eigenvalue weighted by Crippen LogP contribution is 2.31. The Morgan fingerprint density at radius 2 is 1.89 bits per heavy atom. The number of unbranched alkanes of at least 4 members (excludes halogenated alkanes) is 1. The highest BCUT2D eigenvalue weighted by molar-refractivity contribution is 6.12. The summed E-state index contributed by atoms with van der Waals surface area (Å²) in [5, 5.41) is 9.24. The van der Waals surface area contributed by atoms with Crippen molar-refractivity contribution in [2.45, 2.75) is 79.8 Å². The van der Waals surface area contributed by atoms with Crippen molar-refractivity contribution in [3.8, 4) is 6.07 Å². The number of fused-ring (bicyclic) bond motifs is 1. The number of nitrogens with zero attached hydrogens (tertiary/aromatic N) is 4. The Bertz CT molecular complexity index is 1230. The lowest BCUT2D eigenvalue weighted by Gasteiger charge is -2.25. The molecule has 0 aliphatic heterocycles. The summed E-state index contributed by atoms with van der Waals surface area (Å²) in [5.41, 5.74) is 3.87. The van der Waals surface area contributed by atoms with E-state index in [2.05, 4.69) is 4.98 Å². The minimum absolute atomic E-state index is 0.0686. The minimum atomic E-state index is -1.25. The summed E-state index contributed by atoms with van der Waals surface area (Å²) in [6.07, 6.45) is 0.0733. The average molecular weight is 536 g/mol. The molecular formula is C26H35F2N5O5. The number of hydrogen-bond acceptors (Lipinski definition) is 8. The van der Waals surface area contributed by atoms with Crippen LogP contribution in [-0.4, -0.2) is 40.4 Å². The fourth-order valence-corrected chi connectivity index (χ4v) is 3.74. The summed E-state index contributed by atoms with van der Waals surface area (Å²) in [6.45, 7) is 10.2. The van der Waals surface area contributed by atoms with Crippen LogP contribution in [0.2, 0.25) is 0 Å². The second-order valence-corrected chi connectivity index (χ2v) is 10.6. The Labute approximate surface area is 220 Å². The van der Waals surface area contributed by atoms with Gasteiger partial charge in [-0.2, -0.15) is 10.2 Å². The first-order valence-corrected chi connectivity index (χ1v) is 12.4. The largest absolute Gasteiger partial charge is 0.427 e. The van der Waals surface area contributed by atoms with Crippen LogP contribution in [0.25, 0.3) is 11.0 Å². The van der Waals surface area contributed by atoms with Crippen LogP contribution >= 0.6 is 0 Å². The van der Waals surface area contributed by atoms with Crippen molar-refractivity contribution in [3.05, 3.63) is 23.3 Å². The molecule has 0 saturated heterocycles. The van der Waals surface area contributed by atoms with Crippen molar-refractivity contribution in [2.75, 3.05) is 11.7 Å². The van der Waals surface area contributed by atoms with Crippen molar-refractivity contribution in [1.82, 2.24) is 9.55 Å². The molecule has 0 radical (unpaired) electrons. The van der Waals surface area contributed by atoms with E-state index in [-0.39, 0.29) is 30.3 Å². The van der Waals surface area contributed by atoms with Crippen LogP contribution in [0.5, 0.6) is 0 Å². The number of anilines is 1. The molecule has 1 unspecified atom stereocenters. The van der Waals surface area contributed by atoms with Crippen molar-refractivity contribution < 1.29 is 32.6 Å². The maximum Gasteiger partial charge on any atom is 0.426 e. The fourth-order valence-electron chi connectivity index (χ4n) is 3.74. The van der Waals surface area contributed by atoms with Gasteiger partial charge in [0.25, 0.3) is 0 Å². The lowest BCUT2D eigenvalue weighted by atomic mass is 9.92. The van der Waals surface area contributed by atoms with Gasteiger partial charge in [-0.3, -0.25) is 9.59 Å². The van der Waals surface area contributed by atoms with E-state index in [4.69, 9.17) is 15.2 Å². The molecule has 12 heteroatoms. The van der Waals surface area contributed by atoms with Gasteiger partial charge in [-0.1, -0.05) is 48.0 Å². The van der Waals surface area contributed by atoms with Gasteiger partial charge in [0, 0.05) is 13.0 Å². The van der Waals surface area contributed by atoms with Gasteiger partial charge in [-0.15, -0.1) is 0 Å². The number of nitriles is 1. The average Bonchev–Trinajstić information content (AvgIpc) is 3.18. The topological polar surface area (TPSA) is 141 Å². The number of imide groups is 1. The second-order valence-electron chi connectivity index (χ2n) is 10.6. The number of halogens is 2. The smallest absolute Gasteiger partial charge is 0.426 e. The van der Waals surface area contributed by atoms with E-state index in [0.717, 1.165) is 0 Å². The number of rotatable bonds is 10. The van der Waals surface area contributed by atoms with E-state index in [1.807, 2.05) is 20.8 Å². The van der Waals surface area contributed by atoms with Crippen LogP contribution in [0, 0.1) is 34.3 Å². The molecule has 208 valence electrons. The van der Waals surface area contributed by atoms with Gasteiger partial charge in [0.15, 0.2) is 11.6 Å². The number of carbonyl (C=O) groups excluding carboxylic acids is 3. The number of imidazole rings is 1. The van der Waals surface area contributed by atoms with Gasteiger partial charge >= 0.3 is 12.1 Å². The van der Waals surface area contributed by atoms with Crippen molar-refractivity contribution in [2.24, 2.45) is 17.1 Å². The predicted molar refractivity (Wildman–Crippen MR) is 136 cm³/mol. The molecule has 0 fully saturated rings. The van der Waals surface area contributed by atoms with Crippen LogP contribution in [0.15, 0.2) is 6.07 Å². The highest BCUT2D eigenvalue weighted by Gasteiger charge is 2.34. The molecule has 0 spiro atoms. The molecule has 0 aliphatic rings. The number of benzene rings is 1. The van der Waals surface area contributed by atoms with E-state index in [9.17, 15) is 24.0 Å². The van der Waals surface area contributed by atoms with E-state index >= 15 is 4.39 Å². The Balaban J connectivity index is 2.53. The summed E-state index contributed by atoms with van der Waals surface area (Å²) < 4.78 is 41.2. The molecule has 1 aromatic heterocycles. The number of carbonyl (C=O) groups is 3. The SMILES string of the molecule is CCCCn1c(N(C(=O)CC(C)(C)C)C(=O)OCOC(=O)C(N)CC(C)C)nc2c(F)cc(C#N)c(F)c21. The van der Waals surface area contributed by atoms with Crippen LogP contribution < -0.4 is 10.6 Å². The first kappa shape index (κ1) is 30.6. The normalized spacial score (nSPS) is 12.3. The fraction of sp³-hybridized carbons (Fsp3) is 0.577. The van der Waals surface area contributed by atoms with Gasteiger partial charge in [-0.05, 0) is 30.2 Å². The van der Waals surface area contributed by atoms with Crippen molar-refractivity contribution in [3.63, 3.8) is 0 Å². The van der Waals surface area contributed by atoms with Crippen LogP contribution in [0.3, 0.4) is 0 Å². The molecular weight excluding hydrogens is 500 g/mol. The molecule has 38 heavy (non-hydrogen) atoms. The zero-order valence-corrected chi connectivity index (χ0v) is 22.6. The Morgan fingerprint density at radius 3 is 2.45 bits per heavy atom. The van der Waals surface area contributed by atoms with E-state index in [1.54, 1.807) is 26.8 Å². The summed E-state index contributed by atoms with van der Waals surface area (Å²) in [5.74, 6) is -3.79. The number of hydrogen-bond donors (Lipinski definition) is 1. The minimum Gasteiger partial charge on any atom is -0.427 e. The first-order chi connectivity index (χ1) is 17.7. The quantitative estimate of drug-likeness (QED) is 0.339. The third kappa shape index (κ3) is 7.47. The third-order valence-electron chi connectivity index (χ3n) is 5.47. The number of nitrogens with two attached hydrogens (primary N) is 1. The predicted octanol–water partition coefficient (Wildman–Crippen LogP) is 4.77. The second kappa shape index (κ2) is 12.8. The molecule has 0 bridgehead atoms. The highest BCUT2D eigenvalue weighted by atomic mass is 19.1. The molecule has 10 nitrogen and oxygen atoms in total. The molecule has 2 rings (SSSR count). The first-order valence-electron chi connectivity index (χ1n) is 12.4. The lowest BCUT2D eigenvalue weighted by Crippen LogP contribution is -2.42. The number of amides is 2. The number of ether oxygens (including phenoxy) is 2. The lowest BCUT2D eigenvalue weighted by molar-refractivity contribution is -0.153. The maximum atomic E-state index is 15.2. The zero-order chi connectivity index (χ0) is 28.8. The molecule has 2 N–H and O–H groups in total. The maximum absolute atomic E-state index is 15.2. The van der Waals surface area contributed by atoms with E-state index < -0.39 is 58.9 Å².